The van der Waals surface area contributed by atoms with Crippen molar-refractivity contribution in [3.8, 4) is 0 Å². The Labute approximate surface area is 120 Å². The van der Waals surface area contributed by atoms with E-state index >= 15 is 0 Å². The second-order valence-corrected chi connectivity index (χ2v) is 5.89. The summed E-state index contributed by atoms with van der Waals surface area (Å²) in [4.78, 5) is 18.9. The second-order valence-electron chi connectivity index (χ2n) is 4.74. The summed E-state index contributed by atoms with van der Waals surface area (Å²) in [6.45, 7) is 0. The number of nitro benzene ring substituents is 1. The fourth-order valence-corrected chi connectivity index (χ4v) is 3.39. The standard InChI is InChI=1S/C13H14N4O2S/c18-17(19)10-3-4-12-11(6-10)13(15-8-14-12)16-9-2-1-5-20-7-9/h3-4,6,8-9H,1-2,5,7H2,(H,14,15,16). The summed E-state index contributed by atoms with van der Waals surface area (Å²) in [7, 11) is 0. The van der Waals surface area contributed by atoms with Crippen molar-refractivity contribution >= 4 is 34.2 Å². The Bertz CT molecular complexity index is 643. The van der Waals surface area contributed by atoms with Gasteiger partial charge >= 0.3 is 0 Å². The van der Waals surface area contributed by atoms with Crippen LogP contribution in [0, 0.1) is 10.1 Å². The van der Waals surface area contributed by atoms with Crippen LogP contribution in [0.1, 0.15) is 12.8 Å². The van der Waals surface area contributed by atoms with Crippen molar-refractivity contribution in [2.45, 2.75) is 18.9 Å². The number of fused-ring (bicyclic) bond motifs is 1. The van der Waals surface area contributed by atoms with Gasteiger partial charge in [0.1, 0.15) is 12.1 Å². The number of thioether (sulfide) groups is 1. The molecular formula is C13H14N4O2S. The molecule has 1 aromatic carbocycles. The van der Waals surface area contributed by atoms with Crippen molar-refractivity contribution in [3.05, 3.63) is 34.6 Å². The molecular weight excluding hydrogens is 276 g/mol. The summed E-state index contributed by atoms with van der Waals surface area (Å²) in [6, 6.07) is 5.03. The van der Waals surface area contributed by atoms with E-state index in [0.29, 0.717) is 17.2 Å². The maximum Gasteiger partial charge on any atom is 0.270 e. The number of benzene rings is 1. The van der Waals surface area contributed by atoms with E-state index in [-0.39, 0.29) is 5.69 Å². The number of nitro groups is 1. The number of anilines is 1. The van der Waals surface area contributed by atoms with Crippen molar-refractivity contribution in [1.29, 1.82) is 0 Å². The van der Waals surface area contributed by atoms with Gasteiger partial charge in [-0.2, -0.15) is 11.8 Å². The van der Waals surface area contributed by atoms with Crippen LogP contribution in [0.25, 0.3) is 10.9 Å². The second kappa shape index (κ2) is 5.62. The van der Waals surface area contributed by atoms with Crippen molar-refractivity contribution in [2.24, 2.45) is 0 Å². The van der Waals surface area contributed by atoms with Gasteiger partial charge in [-0.25, -0.2) is 9.97 Å². The molecule has 2 aromatic rings. The Morgan fingerprint density at radius 1 is 1.40 bits per heavy atom. The van der Waals surface area contributed by atoms with Gasteiger partial charge in [0.15, 0.2) is 0 Å². The van der Waals surface area contributed by atoms with Crippen molar-refractivity contribution in [1.82, 2.24) is 9.97 Å². The summed E-state index contributed by atoms with van der Waals surface area (Å²) in [5, 5.41) is 15.0. The molecule has 0 amide bonds. The van der Waals surface area contributed by atoms with Crippen molar-refractivity contribution in [3.63, 3.8) is 0 Å². The summed E-state index contributed by atoms with van der Waals surface area (Å²) in [6.07, 6.45) is 3.78. The van der Waals surface area contributed by atoms with Gasteiger partial charge in [-0.3, -0.25) is 10.1 Å². The van der Waals surface area contributed by atoms with E-state index in [0.717, 1.165) is 17.7 Å². The lowest BCUT2D eigenvalue weighted by Gasteiger charge is -2.23. The zero-order valence-corrected chi connectivity index (χ0v) is 11.6. The normalized spacial score (nSPS) is 18.9. The molecule has 1 aliphatic heterocycles. The number of hydrogen-bond donors (Lipinski definition) is 1. The summed E-state index contributed by atoms with van der Waals surface area (Å²) >= 11 is 1.92. The minimum absolute atomic E-state index is 0.0633. The third kappa shape index (κ3) is 2.67. The van der Waals surface area contributed by atoms with Gasteiger partial charge < -0.3 is 5.32 Å². The van der Waals surface area contributed by atoms with E-state index < -0.39 is 4.92 Å². The zero-order valence-electron chi connectivity index (χ0n) is 10.8. The molecule has 1 saturated heterocycles. The largest absolute Gasteiger partial charge is 0.366 e. The molecule has 3 rings (SSSR count). The lowest BCUT2D eigenvalue weighted by Crippen LogP contribution is -2.26. The van der Waals surface area contributed by atoms with Crippen molar-refractivity contribution in [2.75, 3.05) is 16.8 Å². The fraction of sp³-hybridized carbons (Fsp3) is 0.385. The Balaban J connectivity index is 1.96. The first-order chi connectivity index (χ1) is 9.74. The molecule has 1 unspecified atom stereocenters. The highest BCUT2D eigenvalue weighted by Crippen LogP contribution is 2.27. The first-order valence-electron chi connectivity index (χ1n) is 6.47. The number of non-ortho nitro benzene ring substituents is 1. The lowest BCUT2D eigenvalue weighted by molar-refractivity contribution is -0.384. The lowest BCUT2D eigenvalue weighted by atomic mass is 10.1. The number of hydrogen-bond acceptors (Lipinski definition) is 6. The minimum Gasteiger partial charge on any atom is -0.366 e. The molecule has 0 spiro atoms. The Morgan fingerprint density at radius 3 is 3.05 bits per heavy atom. The van der Waals surface area contributed by atoms with Crippen LogP contribution in [0.3, 0.4) is 0 Å². The topological polar surface area (TPSA) is 81.0 Å². The molecule has 1 atom stereocenters. The van der Waals surface area contributed by atoms with Crippen LogP contribution in [0.2, 0.25) is 0 Å². The highest BCUT2D eigenvalue weighted by molar-refractivity contribution is 7.99. The van der Waals surface area contributed by atoms with Gasteiger partial charge in [0.2, 0.25) is 0 Å². The van der Waals surface area contributed by atoms with Gasteiger partial charge in [-0.15, -0.1) is 0 Å². The molecule has 0 bridgehead atoms. The zero-order chi connectivity index (χ0) is 13.9. The van der Waals surface area contributed by atoms with Gasteiger partial charge in [-0.05, 0) is 24.7 Å². The van der Waals surface area contributed by atoms with Gasteiger partial charge in [-0.1, -0.05) is 0 Å². The summed E-state index contributed by atoms with van der Waals surface area (Å²) in [5.41, 5.74) is 0.782. The highest BCUT2D eigenvalue weighted by atomic mass is 32.2. The Hall–Kier alpha value is -1.89. The maximum absolute atomic E-state index is 10.9. The Morgan fingerprint density at radius 2 is 2.30 bits per heavy atom. The molecule has 1 aromatic heterocycles. The number of nitrogens with zero attached hydrogens (tertiary/aromatic N) is 3. The quantitative estimate of drug-likeness (QED) is 0.691. The fourth-order valence-electron chi connectivity index (χ4n) is 2.32. The third-order valence-electron chi connectivity index (χ3n) is 3.33. The molecule has 0 radical (unpaired) electrons. The van der Waals surface area contributed by atoms with Crippen LogP contribution in [-0.4, -0.2) is 32.4 Å². The van der Waals surface area contributed by atoms with E-state index in [1.807, 2.05) is 11.8 Å². The smallest absolute Gasteiger partial charge is 0.270 e. The van der Waals surface area contributed by atoms with E-state index in [1.165, 1.54) is 30.6 Å². The maximum atomic E-state index is 10.9. The molecule has 7 heteroatoms. The molecule has 0 aliphatic carbocycles. The first kappa shape index (κ1) is 13.1. The SMILES string of the molecule is O=[N+]([O-])c1ccc2ncnc(NC3CCCSC3)c2c1. The molecule has 1 aliphatic rings. The average molecular weight is 290 g/mol. The minimum atomic E-state index is -0.396. The third-order valence-corrected chi connectivity index (χ3v) is 4.55. The molecule has 20 heavy (non-hydrogen) atoms. The highest BCUT2D eigenvalue weighted by Gasteiger charge is 2.16. The van der Waals surface area contributed by atoms with Crippen LogP contribution in [-0.2, 0) is 0 Å². The van der Waals surface area contributed by atoms with Crippen LogP contribution >= 0.6 is 11.8 Å². The monoisotopic (exact) mass is 290 g/mol. The molecule has 6 nitrogen and oxygen atoms in total. The molecule has 0 saturated carbocycles. The van der Waals surface area contributed by atoms with E-state index in [4.69, 9.17) is 0 Å². The summed E-state index contributed by atoms with van der Waals surface area (Å²) < 4.78 is 0. The Kier molecular flexibility index (Phi) is 3.68. The molecule has 1 fully saturated rings. The van der Waals surface area contributed by atoms with Gasteiger partial charge in [0.25, 0.3) is 5.69 Å². The van der Waals surface area contributed by atoms with E-state index in [9.17, 15) is 10.1 Å². The summed E-state index contributed by atoms with van der Waals surface area (Å²) in [5.74, 6) is 2.93. The predicted molar refractivity (Wildman–Crippen MR) is 80.2 cm³/mol. The van der Waals surface area contributed by atoms with E-state index in [2.05, 4.69) is 15.3 Å². The molecule has 2 heterocycles. The average Bonchev–Trinajstić information content (AvgIpc) is 2.48. The molecule has 1 N–H and O–H groups in total. The van der Waals surface area contributed by atoms with Crippen LogP contribution in [0.15, 0.2) is 24.5 Å². The number of nitrogens with one attached hydrogen (secondary N) is 1. The van der Waals surface area contributed by atoms with E-state index in [1.54, 1.807) is 6.07 Å². The molecule has 104 valence electrons. The van der Waals surface area contributed by atoms with Crippen LogP contribution in [0.4, 0.5) is 11.5 Å². The van der Waals surface area contributed by atoms with Crippen LogP contribution in [0.5, 0.6) is 0 Å². The predicted octanol–water partition coefficient (Wildman–Crippen LogP) is 2.85. The number of aromatic nitrogens is 2. The first-order valence-corrected chi connectivity index (χ1v) is 7.63. The van der Waals surface area contributed by atoms with Gasteiger partial charge in [0, 0.05) is 29.3 Å². The van der Waals surface area contributed by atoms with Gasteiger partial charge in [0.05, 0.1) is 10.4 Å². The van der Waals surface area contributed by atoms with Crippen LogP contribution < -0.4 is 5.32 Å². The van der Waals surface area contributed by atoms with Crippen molar-refractivity contribution < 1.29 is 4.92 Å². The number of rotatable bonds is 3.